The van der Waals surface area contributed by atoms with Crippen molar-refractivity contribution in [3.63, 3.8) is 0 Å². The second-order valence-electron chi connectivity index (χ2n) is 4.49. The van der Waals surface area contributed by atoms with E-state index in [1.54, 1.807) is 0 Å². The average Bonchev–Trinajstić information content (AvgIpc) is 2.84. The zero-order valence-corrected chi connectivity index (χ0v) is 11.4. The van der Waals surface area contributed by atoms with Crippen LogP contribution in [0.3, 0.4) is 0 Å². The van der Waals surface area contributed by atoms with Crippen LogP contribution in [0.1, 0.15) is 44.5 Å². The second kappa shape index (κ2) is 6.35. The summed E-state index contributed by atoms with van der Waals surface area (Å²) in [6.45, 7) is 3.82. The molecule has 1 fully saturated rings. The van der Waals surface area contributed by atoms with Crippen molar-refractivity contribution >= 4 is 11.8 Å². The van der Waals surface area contributed by atoms with Gasteiger partial charge in [0.05, 0.1) is 12.6 Å². The number of aromatic nitrogens is 4. The third-order valence-corrected chi connectivity index (χ3v) is 4.56. The van der Waals surface area contributed by atoms with Gasteiger partial charge < -0.3 is 5.32 Å². The summed E-state index contributed by atoms with van der Waals surface area (Å²) >= 11 is 1.99. The van der Waals surface area contributed by atoms with Gasteiger partial charge >= 0.3 is 0 Å². The summed E-state index contributed by atoms with van der Waals surface area (Å²) in [5.41, 5.74) is 0. The summed E-state index contributed by atoms with van der Waals surface area (Å²) < 4.78 is 2.03. The number of nitrogens with one attached hydrogen (secondary N) is 1. The molecular weight excluding hydrogens is 234 g/mol. The Balaban J connectivity index is 1.95. The fourth-order valence-electron chi connectivity index (χ4n) is 2.37. The molecule has 1 aliphatic carbocycles. The molecule has 1 aromatic heterocycles. The molecule has 1 saturated carbocycles. The van der Waals surface area contributed by atoms with Gasteiger partial charge in [0.2, 0.25) is 0 Å². The maximum atomic E-state index is 4.15. The molecule has 1 N–H and O–H groups in total. The first-order valence-electron chi connectivity index (χ1n) is 6.35. The maximum absolute atomic E-state index is 4.15. The molecule has 1 aromatic rings. The van der Waals surface area contributed by atoms with Crippen LogP contribution in [0.2, 0.25) is 0 Å². The third-order valence-electron chi connectivity index (χ3n) is 3.42. The first kappa shape index (κ1) is 12.8. The Morgan fingerprint density at radius 3 is 2.76 bits per heavy atom. The van der Waals surface area contributed by atoms with Crippen LogP contribution < -0.4 is 5.32 Å². The van der Waals surface area contributed by atoms with E-state index < -0.39 is 0 Å². The quantitative estimate of drug-likeness (QED) is 0.866. The van der Waals surface area contributed by atoms with Gasteiger partial charge in [-0.05, 0) is 48.9 Å². The van der Waals surface area contributed by atoms with E-state index in [9.17, 15) is 0 Å². The van der Waals surface area contributed by atoms with Crippen molar-refractivity contribution in [1.82, 2.24) is 25.5 Å². The number of nitrogens with zero attached hydrogens (tertiary/aromatic N) is 4. The van der Waals surface area contributed by atoms with Crippen LogP contribution in [-0.2, 0) is 6.54 Å². The molecule has 0 amide bonds. The zero-order chi connectivity index (χ0) is 12.1. The summed E-state index contributed by atoms with van der Waals surface area (Å²) in [6, 6.07) is 0.502. The van der Waals surface area contributed by atoms with Gasteiger partial charge in [0.15, 0.2) is 5.82 Å². The number of hydrogen-bond donors (Lipinski definition) is 1. The van der Waals surface area contributed by atoms with Gasteiger partial charge in [-0.2, -0.15) is 11.8 Å². The van der Waals surface area contributed by atoms with Gasteiger partial charge in [0.1, 0.15) is 0 Å². The minimum Gasteiger partial charge on any atom is -0.310 e. The highest BCUT2D eigenvalue weighted by Crippen LogP contribution is 2.33. The fourth-order valence-corrected chi connectivity index (χ4v) is 3.12. The molecule has 0 spiro atoms. The molecule has 0 radical (unpaired) electrons. The summed E-state index contributed by atoms with van der Waals surface area (Å²) in [7, 11) is 0. The van der Waals surface area contributed by atoms with Gasteiger partial charge in [0, 0.05) is 5.25 Å². The Hall–Kier alpha value is -0.620. The molecule has 5 nitrogen and oxygen atoms in total. The van der Waals surface area contributed by atoms with E-state index in [1.165, 1.54) is 25.7 Å². The lowest BCUT2D eigenvalue weighted by atomic mass is 9.95. The lowest BCUT2D eigenvalue weighted by Gasteiger charge is -2.27. The minimum atomic E-state index is 0.502. The monoisotopic (exact) mass is 255 g/mol. The van der Waals surface area contributed by atoms with Crippen LogP contribution in [0, 0.1) is 0 Å². The van der Waals surface area contributed by atoms with Gasteiger partial charge in [-0.3, -0.25) is 0 Å². The van der Waals surface area contributed by atoms with E-state index in [-0.39, 0.29) is 0 Å². The largest absolute Gasteiger partial charge is 0.310 e. The van der Waals surface area contributed by atoms with Crippen LogP contribution in [0.15, 0.2) is 0 Å². The highest BCUT2D eigenvalue weighted by atomic mass is 32.2. The van der Waals surface area contributed by atoms with E-state index in [2.05, 4.69) is 34.0 Å². The van der Waals surface area contributed by atoms with Crippen LogP contribution in [0.5, 0.6) is 0 Å². The molecule has 0 unspecified atom stereocenters. The molecule has 0 bridgehead atoms. The predicted molar refractivity (Wildman–Crippen MR) is 70.0 cm³/mol. The Kier molecular flexibility index (Phi) is 4.79. The van der Waals surface area contributed by atoms with Crippen molar-refractivity contribution < 1.29 is 0 Å². The summed E-state index contributed by atoms with van der Waals surface area (Å²) in [6.07, 6.45) is 7.18. The number of rotatable bonds is 5. The normalized spacial score (nSPS) is 25.1. The van der Waals surface area contributed by atoms with Crippen LogP contribution in [-0.4, -0.2) is 38.3 Å². The molecule has 0 aliphatic heterocycles. The highest BCUT2D eigenvalue weighted by Gasteiger charge is 2.24. The van der Waals surface area contributed by atoms with Crippen molar-refractivity contribution in [1.29, 1.82) is 0 Å². The molecule has 1 heterocycles. The van der Waals surface area contributed by atoms with Crippen molar-refractivity contribution in [3.05, 3.63) is 5.82 Å². The first-order chi connectivity index (χ1) is 8.35. The Morgan fingerprint density at radius 2 is 2.12 bits per heavy atom. The smallest absolute Gasteiger partial charge is 0.165 e. The first-order valence-corrected chi connectivity index (χ1v) is 7.64. The molecule has 17 heavy (non-hydrogen) atoms. The van der Waals surface area contributed by atoms with Crippen molar-refractivity contribution in [3.8, 4) is 0 Å². The molecule has 96 valence electrons. The van der Waals surface area contributed by atoms with Crippen molar-refractivity contribution in [2.24, 2.45) is 0 Å². The molecule has 0 atom stereocenters. The maximum Gasteiger partial charge on any atom is 0.165 e. The van der Waals surface area contributed by atoms with Crippen LogP contribution in [0.25, 0.3) is 0 Å². The zero-order valence-electron chi connectivity index (χ0n) is 10.6. The van der Waals surface area contributed by atoms with E-state index in [4.69, 9.17) is 0 Å². The predicted octanol–water partition coefficient (Wildman–Crippen LogP) is 1.63. The van der Waals surface area contributed by atoms with Crippen molar-refractivity contribution in [2.45, 2.75) is 50.4 Å². The Morgan fingerprint density at radius 1 is 1.35 bits per heavy atom. The van der Waals surface area contributed by atoms with Gasteiger partial charge in [0.25, 0.3) is 0 Å². The number of thioether (sulfide) groups is 1. The summed E-state index contributed by atoms with van der Waals surface area (Å²) in [5.74, 6) is 0.972. The standard InChI is InChI=1S/C11H21N5S/c1-3-12-8-11-13-14-15-16(11)9-4-6-10(17-2)7-5-9/h9-10,12H,3-8H2,1-2H3. The molecule has 0 saturated heterocycles. The summed E-state index contributed by atoms with van der Waals surface area (Å²) in [4.78, 5) is 0. The fraction of sp³-hybridized carbons (Fsp3) is 0.909. The number of hydrogen-bond acceptors (Lipinski definition) is 5. The van der Waals surface area contributed by atoms with E-state index in [0.29, 0.717) is 6.04 Å². The third kappa shape index (κ3) is 3.19. The van der Waals surface area contributed by atoms with E-state index in [0.717, 1.165) is 24.2 Å². The summed E-state index contributed by atoms with van der Waals surface area (Å²) in [5, 5.41) is 16.2. The van der Waals surface area contributed by atoms with Gasteiger partial charge in [-0.1, -0.05) is 6.92 Å². The molecule has 0 aromatic carbocycles. The molecule has 6 heteroatoms. The lowest BCUT2D eigenvalue weighted by molar-refractivity contribution is 0.320. The van der Waals surface area contributed by atoms with Crippen molar-refractivity contribution in [2.75, 3.05) is 12.8 Å². The lowest BCUT2D eigenvalue weighted by Crippen LogP contribution is -2.24. The average molecular weight is 255 g/mol. The van der Waals surface area contributed by atoms with E-state index >= 15 is 0 Å². The molecular formula is C11H21N5S. The van der Waals surface area contributed by atoms with Gasteiger partial charge in [-0.25, -0.2) is 4.68 Å². The Labute approximate surface area is 107 Å². The Bertz CT molecular complexity index is 332. The molecule has 1 aliphatic rings. The molecule has 2 rings (SSSR count). The SMILES string of the molecule is CCNCc1nnnn1C1CCC(SC)CC1. The van der Waals surface area contributed by atoms with Gasteiger partial charge in [-0.15, -0.1) is 5.10 Å². The topological polar surface area (TPSA) is 55.6 Å². The minimum absolute atomic E-state index is 0.502. The highest BCUT2D eigenvalue weighted by molar-refractivity contribution is 7.99. The van der Waals surface area contributed by atoms with Crippen LogP contribution >= 0.6 is 11.8 Å². The van der Waals surface area contributed by atoms with E-state index in [1.807, 2.05) is 16.4 Å². The number of tetrazole rings is 1. The second-order valence-corrected chi connectivity index (χ2v) is 5.62. The van der Waals surface area contributed by atoms with Crippen LogP contribution in [0.4, 0.5) is 0 Å².